The van der Waals surface area contributed by atoms with Gasteiger partial charge in [0.2, 0.25) is 0 Å². The van der Waals surface area contributed by atoms with Crippen LogP contribution in [0.15, 0.2) is 27.7 Å². The molecule has 0 aliphatic carbocycles. The number of halogens is 1. The molecule has 3 nitrogen and oxygen atoms in total. The predicted octanol–water partition coefficient (Wildman–Crippen LogP) is 4.14. The molecular weight excluding hydrogens is 312 g/mol. The summed E-state index contributed by atoms with van der Waals surface area (Å²) in [5, 5.41) is 4.33. The number of methoxy groups -OCH3 is 1. The molecule has 1 atom stereocenters. The van der Waals surface area contributed by atoms with E-state index in [1.165, 1.54) is 0 Å². The minimum Gasteiger partial charge on any atom is -0.495 e. The Labute approximate surface area is 121 Å². The molecule has 98 valence electrons. The number of hydrogen-bond acceptors (Lipinski definition) is 4. The molecule has 1 aromatic rings. The van der Waals surface area contributed by atoms with Crippen molar-refractivity contribution >= 4 is 38.5 Å². The van der Waals surface area contributed by atoms with Crippen molar-refractivity contribution in [3.8, 4) is 5.75 Å². The molecule has 1 aliphatic rings. The third-order valence-electron chi connectivity index (χ3n) is 3.06. The Morgan fingerprint density at radius 2 is 2.33 bits per heavy atom. The summed E-state index contributed by atoms with van der Waals surface area (Å²) in [5.41, 5.74) is 1.08. The van der Waals surface area contributed by atoms with Crippen molar-refractivity contribution in [1.82, 2.24) is 0 Å². The van der Waals surface area contributed by atoms with E-state index in [4.69, 9.17) is 9.73 Å². The minimum absolute atomic E-state index is 0.0758. The molecule has 1 unspecified atom stereocenters. The molecule has 0 saturated carbocycles. The molecule has 0 radical (unpaired) electrons. The van der Waals surface area contributed by atoms with E-state index in [9.17, 15) is 0 Å². The first-order chi connectivity index (χ1) is 8.56. The van der Waals surface area contributed by atoms with Gasteiger partial charge in [0.05, 0.1) is 17.1 Å². The van der Waals surface area contributed by atoms with Crippen molar-refractivity contribution < 1.29 is 4.74 Å². The number of thioether (sulfide) groups is 1. The van der Waals surface area contributed by atoms with Crippen LogP contribution in [0.1, 0.15) is 20.3 Å². The normalized spacial score (nSPS) is 22.8. The van der Waals surface area contributed by atoms with Gasteiger partial charge in [0.25, 0.3) is 0 Å². The van der Waals surface area contributed by atoms with Gasteiger partial charge < -0.3 is 10.1 Å². The highest BCUT2D eigenvalue weighted by atomic mass is 79.9. The molecule has 0 aromatic heterocycles. The Morgan fingerprint density at radius 3 is 2.94 bits per heavy atom. The van der Waals surface area contributed by atoms with Crippen LogP contribution < -0.4 is 10.1 Å². The highest BCUT2D eigenvalue weighted by molar-refractivity contribution is 9.10. The first kappa shape index (κ1) is 13.7. The number of aliphatic imine (C=N–C) groups is 1. The SMILES string of the molecule is CCC1(C)CSC(Nc2ccc(Br)c(OC)c2)=N1. The third kappa shape index (κ3) is 3.01. The van der Waals surface area contributed by atoms with Crippen LogP contribution in [0.25, 0.3) is 0 Å². The van der Waals surface area contributed by atoms with Crippen molar-refractivity contribution in [3.05, 3.63) is 22.7 Å². The summed E-state index contributed by atoms with van der Waals surface area (Å²) < 4.78 is 6.23. The summed E-state index contributed by atoms with van der Waals surface area (Å²) in [4.78, 5) is 4.73. The maximum Gasteiger partial charge on any atom is 0.161 e. The second-order valence-corrected chi connectivity index (χ2v) is 6.35. The van der Waals surface area contributed by atoms with Crippen LogP contribution in [0.2, 0.25) is 0 Å². The summed E-state index contributed by atoms with van der Waals surface area (Å²) in [6, 6.07) is 5.95. The monoisotopic (exact) mass is 328 g/mol. The van der Waals surface area contributed by atoms with Gasteiger partial charge in [0.1, 0.15) is 5.75 Å². The van der Waals surface area contributed by atoms with Crippen LogP contribution in [0.4, 0.5) is 5.69 Å². The zero-order valence-corrected chi connectivity index (χ0v) is 13.2. The van der Waals surface area contributed by atoms with E-state index in [2.05, 4.69) is 35.1 Å². The van der Waals surface area contributed by atoms with Crippen molar-refractivity contribution in [3.63, 3.8) is 0 Å². The largest absolute Gasteiger partial charge is 0.495 e. The molecule has 1 aromatic carbocycles. The lowest BCUT2D eigenvalue weighted by molar-refractivity contribution is 0.412. The van der Waals surface area contributed by atoms with Gasteiger partial charge in [-0.1, -0.05) is 18.7 Å². The second-order valence-electron chi connectivity index (χ2n) is 4.53. The molecule has 0 amide bonds. The van der Waals surface area contributed by atoms with Gasteiger partial charge in [-0.2, -0.15) is 0 Å². The van der Waals surface area contributed by atoms with Gasteiger partial charge in [-0.3, -0.25) is 4.99 Å². The lowest BCUT2D eigenvalue weighted by atomic mass is 10.0. The lowest BCUT2D eigenvalue weighted by Crippen LogP contribution is -2.20. The Morgan fingerprint density at radius 1 is 1.56 bits per heavy atom. The lowest BCUT2D eigenvalue weighted by Gasteiger charge is -2.15. The van der Waals surface area contributed by atoms with Crippen molar-refractivity contribution in [2.45, 2.75) is 25.8 Å². The van der Waals surface area contributed by atoms with Crippen LogP contribution >= 0.6 is 27.7 Å². The maximum atomic E-state index is 5.28. The molecule has 18 heavy (non-hydrogen) atoms. The highest BCUT2D eigenvalue weighted by Crippen LogP contribution is 2.32. The summed E-state index contributed by atoms with van der Waals surface area (Å²) in [6.45, 7) is 4.37. The van der Waals surface area contributed by atoms with E-state index in [0.29, 0.717) is 0 Å². The van der Waals surface area contributed by atoms with Gasteiger partial charge in [0, 0.05) is 17.5 Å². The highest BCUT2D eigenvalue weighted by Gasteiger charge is 2.28. The Hall–Kier alpha value is -0.680. The van der Waals surface area contributed by atoms with Crippen LogP contribution in [0.3, 0.4) is 0 Å². The summed E-state index contributed by atoms with van der Waals surface area (Å²) in [5.74, 6) is 1.86. The van der Waals surface area contributed by atoms with Gasteiger partial charge in [-0.05, 0) is 41.4 Å². The van der Waals surface area contributed by atoms with Gasteiger partial charge >= 0.3 is 0 Å². The fraction of sp³-hybridized carbons (Fsp3) is 0.462. The molecule has 1 heterocycles. The molecule has 0 spiro atoms. The van der Waals surface area contributed by atoms with Crippen LogP contribution in [-0.4, -0.2) is 23.6 Å². The Kier molecular flexibility index (Phi) is 4.22. The number of nitrogens with zero attached hydrogens (tertiary/aromatic N) is 1. The van der Waals surface area contributed by atoms with E-state index in [1.807, 2.05) is 18.2 Å². The van der Waals surface area contributed by atoms with Crippen LogP contribution in [0.5, 0.6) is 5.75 Å². The van der Waals surface area contributed by atoms with Gasteiger partial charge in [0.15, 0.2) is 5.17 Å². The summed E-state index contributed by atoms with van der Waals surface area (Å²) in [6.07, 6.45) is 1.06. The van der Waals surface area contributed by atoms with E-state index in [0.717, 1.165) is 33.3 Å². The minimum atomic E-state index is 0.0758. The molecule has 0 fully saturated rings. The van der Waals surface area contributed by atoms with E-state index >= 15 is 0 Å². The Balaban J connectivity index is 2.13. The summed E-state index contributed by atoms with van der Waals surface area (Å²) in [7, 11) is 1.67. The third-order valence-corrected chi connectivity index (χ3v) is 4.94. The fourth-order valence-corrected chi connectivity index (χ4v) is 3.24. The topological polar surface area (TPSA) is 33.6 Å². The number of nitrogens with one attached hydrogen (secondary N) is 1. The number of hydrogen-bond donors (Lipinski definition) is 1. The first-order valence-electron chi connectivity index (χ1n) is 5.89. The zero-order valence-electron chi connectivity index (χ0n) is 10.8. The second kappa shape index (κ2) is 5.53. The smallest absolute Gasteiger partial charge is 0.161 e. The standard InChI is InChI=1S/C13H17BrN2OS/c1-4-13(2)8-18-12(16-13)15-9-5-6-10(14)11(7-9)17-3/h5-7H,4,8H2,1-3H3,(H,15,16). The molecular formula is C13H17BrN2OS. The molecule has 1 N–H and O–H groups in total. The fourth-order valence-electron chi connectivity index (χ4n) is 1.64. The average molecular weight is 329 g/mol. The number of benzene rings is 1. The van der Waals surface area contributed by atoms with E-state index in [-0.39, 0.29) is 5.54 Å². The van der Waals surface area contributed by atoms with E-state index in [1.54, 1.807) is 18.9 Å². The van der Waals surface area contributed by atoms with E-state index < -0.39 is 0 Å². The van der Waals surface area contributed by atoms with Gasteiger partial charge in [-0.15, -0.1) is 0 Å². The van der Waals surface area contributed by atoms with Crippen molar-refractivity contribution in [2.75, 3.05) is 18.2 Å². The molecule has 0 bridgehead atoms. The van der Waals surface area contributed by atoms with Crippen LogP contribution in [-0.2, 0) is 0 Å². The summed E-state index contributed by atoms with van der Waals surface area (Å²) >= 11 is 5.22. The quantitative estimate of drug-likeness (QED) is 0.905. The van der Waals surface area contributed by atoms with Gasteiger partial charge in [-0.25, -0.2) is 0 Å². The molecule has 1 aliphatic heterocycles. The number of anilines is 1. The number of ether oxygens (including phenoxy) is 1. The van der Waals surface area contributed by atoms with Crippen molar-refractivity contribution in [2.24, 2.45) is 4.99 Å². The Bertz CT molecular complexity index is 478. The average Bonchev–Trinajstić information content (AvgIpc) is 2.74. The molecule has 5 heteroatoms. The number of amidine groups is 1. The number of rotatable bonds is 3. The predicted molar refractivity (Wildman–Crippen MR) is 82.9 cm³/mol. The maximum absolute atomic E-state index is 5.28. The first-order valence-corrected chi connectivity index (χ1v) is 7.67. The molecule has 2 rings (SSSR count). The zero-order chi connectivity index (χ0) is 13.2. The van der Waals surface area contributed by atoms with Crippen molar-refractivity contribution in [1.29, 1.82) is 0 Å². The molecule has 0 saturated heterocycles. The van der Waals surface area contributed by atoms with Crippen LogP contribution in [0, 0.1) is 0 Å².